The van der Waals surface area contributed by atoms with Crippen molar-refractivity contribution in [2.24, 2.45) is 0 Å². The number of halogens is 3. The standard InChI is InChI=1S/C23H18ClF2N3O3S/c1-2-10-29(33(31,32)15-6-4-3-5-7-15)19-9-8-18(25)20(21(19)26)22(30)17-13-28-23-16(17)11-14(24)12-27-23/h3-9,11-13H,2,10H2,1H3,(H,27,28). The number of anilines is 1. The number of nitrogens with zero attached hydrogens (tertiary/aromatic N) is 2. The number of aromatic amines is 1. The average Bonchev–Trinajstić information content (AvgIpc) is 3.21. The number of sulfonamides is 1. The Kier molecular flexibility index (Phi) is 6.18. The maximum absolute atomic E-state index is 15.7. The molecule has 6 nitrogen and oxygen atoms in total. The summed E-state index contributed by atoms with van der Waals surface area (Å²) < 4.78 is 57.7. The second-order valence-electron chi connectivity index (χ2n) is 7.23. The minimum absolute atomic E-state index is 0.0390. The van der Waals surface area contributed by atoms with Crippen LogP contribution in [0.5, 0.6) is 0 Å². The van der Waals surface area contributed by atoms with Crippen molar-refractivity contribution >= 4 is 44.1 Å². The van der Waals surface area contributed by atoms with Crippen LogP contribution in [-0.2, 0) is 10.0 Å². The maximum Gasteiger partial charge on any atom is 0.264 e. The highest BCUT2D eigenvalue weighted by molar-refractivity contribution is 7.92. The van der Waals surface area contributed by atoms with E-state index < -0.39 is 38.7 Å². The third-order valence-electron chi connectivity index (χ3n) is 5.07. The Morgan fingerprint density at radius 2 is 1.88 bits per heavy atom. The fourth-order valence-electron chi connectivity index (χ4n) is 3.54. The van der Waals surface area contributed by atoms with Crippen LogP contribution in [0.4, 0.5) is 14.5 Å². The topological polar surface area (TPSA) is 83.1 Å². The van der Waals surface area contributed by atoms with Gasteiger partial charge in [-0.2, -0.15) is 0 Å². The number of aromatic nitrogens is 2. The fraction of sp³-hybridized carbons (Fsp3) is 0.130. The van der Waals surface area contributed by atoms with Crippen molar-refractivity contribution in [1.82, 2.24) is 9.97 Å². The number of carbonyl (C=O) groups is 1. The second-order valence-corrected chi connectivity index (χ2v) is 9.53. The van der Waals surface area contributed by atoms with Gasteiger partial charge in [0.05, 0.1) is 21.2 Å². The molecule has 4 rings (SSSR count). The van der Waals surface area contributed by atoms with Crippen LogP contribution in [0.15, 0.2) is 65.8 Å². The zero-order valence-corrected chi connectivity index (χ0v) is 18.9. The van der Waals surface area contributed by atoms with Crippen LogP contribution in [0, 0.1) is 11.6 Å². The van der Waals surface area contributed by atoms with Gasteiger partial charge in [0.1, 0.15) is 11.5 Å². The first-order chi connectivity index (χ1) is 15.8. The number of hydrogen-bond acceptors (Lipinski definition) is 4. The molecular formula is C23H18ClF2N3O3S. The molecule has 4 aromatic rings. The highest BCUT2D eigenvalue weighted by Gasteiger charge is 2.31. The average molecular weight is 490 g/mol. The van der Waals surface area contributed by atoms with Crippen LogP contribution >= 0.6 is 11.6 Å². The summed E-state index contributed by atoms with van der Waals surface area (Å²) in [5.74, 6) is -3.34. The van der Waals surface area contributed by atoms with E-state index in [0.29, 0.717) is 17.5 Å². The van der Waals surface area contributed by atoms with Gasteiger partial charge in [0, 0.05) is 29.9 Å². The minimum atomic E-state index is -4.16. The first kappa shape index (κ1) is 22.9. The van der Waals surface area contributed by atoms with E-state index in [9.17, 15) is 17.6 Å². The van der Waals surface area contributed by atoms with E-state index in [1.165, 1.54) is 30.6 Å². The third-order valence-corrected chi connectivity index (χ3v) is 7.10. The molecule has 0 saturated heterocycles. The van der Waals surface area contributed by atoms with Crippen molar-refractivity contribution in [3.63, 3.8) is 0 Å². The summed E-state index contributed by atoms with van der Waals surface area (Å²) in [6.07, 6.45) is 3.01. The molecule has 2 aromatic heterocycles. The molecule has 0 amide bonds. The lowest BCUT2D eigenvalue weighted by molar-refractivity contribution is 0.103. The van der Waals surface area contributed by atoms with Crippen LogP contribution in [-0.4, -0.2) is 30.7 Å². The van der Waals surface area contributed by atoms with Crippen LogP contribution < -0.4 is 4.31 Å². The van der Waals surface area contributed by atoms with Crippen LogP contribution in [0.1, 0.15) is 29.3 Å². The van der Waals surface area contributed by atoms with Gasteiger partial charge in [0.15, 0.2) is 5.82 Å². The van der Waals surface area contributed by atoms with E-state index in [4.69, 9.17) is 11.6 Å². The van der Waals surface area contributed by atoms with Gasteiger partial charge in [-0.15, -0.1) is 0 Å². The van der Waals surface area contributed by atoms with Crippen LogP contribution in [0.25, 0.3) is 11.0 Å². The van der Waals surface area contributed by atoms with E-state index >= 15 is 4.39 Å². The van der Waals surface area contributed by atoms with Gasteiger partial charge in [0.25, 0.3) is 10.0 Å². The normalized spacial score (nSPS) is 11.6. The molecule has 1 N–H and O–H groups in total. The van der Waals surface area contributed by atoms with Gasteiger partial charge in [-0.05, 0) is 36.8 Å². The Hall–Kier alpha value is -3.30. The molecule has 0 aliphatic rings. The summed E-state index contributed by atoms with van der Waals surface area (Å²) in [5.41, 5.74) is -0.999. The number of nitrogens with one attached hydrogen (secondary N) is 1. The first-order valence-corrected chi connectivity index (χ1v) is 11.8. The van der Waals surface area contributed by atoms with Crippen molar-refractivity contribution < 1.29 is 22.0 Å². The number of rotatable bonds is 7. The van der Waals surface area contributed by atoms with Crippen LogP contribution in [0.2, 0.25) is 5.02 Å². The Bertz CT molecular complexity index is 1460. The van der Waals surface area contributed by atoms with Gasteiger partial charge in [-0.1, -0.05) is 36.7 Å². The van der Waals surface area contributed by atoms with E-state index in [2.05, 4.69) is 9.97 Å². The van der Waals surface area contributed by atoms with E-state index in [-0.39, 0.29) is 22.0 Å². The number of ketones is 1. The summed E-state index contributed by atoms with van der Waals surface area (Å²) in [6.45, 7) is 1.66. The molecule has 0 unspecified atom stereocenters. The molecule has 0 fully saturated rings. The van der Waals surface area contributed by atoms with Crippen molar-refractivity contribution in [3.8, 4) is 0 Å². The number of H-pyrrole nitrogens is 1. The summed E-state index contributed by atoms with van der Waals surface area (Å²) >= 11 is 5.96. The summed E-state index contributed by atoms with van der Waals surface area (Å²) in [5, 5.41) is 0.535. The monoisotopic (exact) mass is 489 g/mol. The van der Waals surface area contributed by atoms with Gasteiger partial charge in [0.2, 0.25) is 5.78 Å². The Balaban J connectivity index is 1.86. The van der Waals surface area contributed by atoms with E-state index in [1.807, 2.05) is 0 Å². The van der Waals surface area contributed by atoms with Crippen molar-refractivity contribution in [2.45, 2.75) is 18.2 Å². The maximum atomic E-state index is 15.7. The predicted molar refractivity (Wildman–Crippen MR) is 122 cm³/mol. The Morgan fingerprint density at radius 3 is 2.58 bits per heavy atom. The number of fused-ring (bicyclic) bond motifs is 1. The highest BCUT2D eigenvalue weighted by Crippen LogP contribution is 2.32. The Labute approximate surface area is 193 Å². The van der Waals surface area contributed by atoms with Gasteiger partial charge in [-0.25, -0.2) is 22.2 Å². The lowest BCUT2D eigenvalue weighted by atomic mass is 10.0. The molecule has 2 heterocycles. The lowest BCUT2D eigenvalue weighted by Gasteiger charge is -2.25. The zero-order valence-electron chi connectivity index (χ0n) is 17.3. The molecule has 0 spiro atoms. The SMILES string of the molecule is CCCN(c1ccc(F)c(C(=O)c2c[nH]c3ncc(Cl)cc23)c1F)S(=O)(=O)c1ccccc1. The fourth-order valence-corrected chi connectivity index (χ4v) is 5.27. The van der Waals surface area contributed by atoms with Gasteiger partial charge in [-0.3, -0.25) is 9.10 Å². The summed E-state index contributed by atoms with van der Waals surface area (Å²) in [7, 11) is -4.16. The minimum Gasteiger partial charge on any atom is -0.345 e. The summed E-state index contributed by atoms with van der Waals surface area (Å²) in [6, 6.07) is 10.9. The predicted octanol–water partition coefficient (Wildman–Crippen LogP) is 5.33. The quantitative estimate of drug-likeness (QED) is 0.356. The first-order valence-electron chi connectivity index (χ1n) is 9.98. The second kappa shape index (κ2) is 8.92. The largest absolute Gasteiger partial charge is 0.345 e. The van der Waals surface area contributed by atoms with Crippen molar-refractivity contribution in [3.05, 3.63) is 88.7 Å². The smallest absolute Gasteiger partial charge is 0.264 e. The summed E-state index contributed by atoms with van der Waals surface area (Å²) in [4.78, 5) is 19.9. The van der Waals surface area contributed by atoms with E-state index in [0.717, 1.165) is 16.4 Å². The number of hydrogen-bond donors (Lipinski definition) is 1. The van der Waals surface area contributed by atoms with E-state index in [1.54, 1.807) is 25.1 Å². The Morgan fingerprint density at radius 1 is 1.15 bits per heavy atom. The number of pyridine rings is 1. The van der Waals surface area contributed by atoms with Crippen molar-refractivity contribution in [2.75, 3.05) is 10.8 Å². The van der Waals surface area contributed by atoms with Gasteiger partial charge < -0.3 is 4.98 Å². The number of benzene rings is 2. The molecule has 10 heteroatoms. The van der Waals surface area contributed by atoms with Gasteiger partial charge >= 0.3 is 0 Å². The van der Waals surface area contributed by atoms with Crippen molar-refractivity contribution in [1.29, 1.82) is 0 Å². The molecule has 2 aromatic carbocycles. The molecular weight excluding hydrogens is 472 g/mol. The zero-order chi connectivity index (χ0) is 23.8. The molecule has 0 saturated carbocycles. The lowest BCUT2D eigenvalue weighted by Crippen LogP contribution is -2.33. The molecule has 0 atom stereocenters. The highest BCUT2D eigenvalue weighted by atomic mass is 35.5. The molecule has 0 bridgehead atoms. The molecule has 170 valence electrons. The molecule has 0 aliphatic heterocycles. The number of carbonyl (C=O) groups excluding carboxylic acids is 1. The third kappa shape index (κ3) is 4.09. The molecule has 0 radical (unpaired) electrons. The van der Waals surface area contributed by atoms with Crippen LogP contribution in [0.3, 0.4) is 0 Å². The molecule has 33 heavy (non-hydrogen) atoms. The molecule has 0 aliphatic carbocycles.